The van der Waals surface area contributed by atoms with Crippen LogP contribution in [0.5, 0.6) is 0 Å². The van der Waals surface area contributed by atoms with E-state index in [1.807, 2.05) is 0 Å². The minimum atomic E-state index is -0.652. The monoisotopic (exact) mass is 296 g/mol. The molecule has 0 bridgehead atoms. The summed E-state index contributed by atoms with van der Waals surface area (Å²) in [6.45, 7) is 1.87. The summed E-state index contributed by atoms with van der Waals surface area (Å²) in [7, 11) is 0. The lowest BCUT2D eigenvalue weighted by Gasteiger charge is -2.05. The zero-order valence-corrected chi connectivity index (χ0v) is 11.4. The van der Waals surface area contributed by atoms with Crippen molar-refractivity contribution >= 4 is 29.4 Å². The number of hydrazine groups is 1. The summed E-state index contributed by atoms with van der Waals surface area (Å²) in [6, 6.07) is 6.13. The van der Waals surface area contributed by atoms with Gasteiger partial charge in [0.05, 0.1) is 6.61 Å². The Morgan fingerprint density at radius 2 is 1.80 bits per heavy atom. The second-order valence-electron chi connectivity index (χ2n) is 3.54. The molecule has 1 aromatic rings. The maximum absolute atomic E-state index is 11.6. The van der Waals surface area contributed by atoms with E-state index in [0.717, 1.165) is 12.2 Å². The van der Waals surface area contributed by atoms with Crippen molar-refractivity contribution in [2.24, 2.45) is 0 Å². The fourth-order valence-electron chi connectivity index (χ4n) is 1.17. The van der Waals surface area contributed by atoms with Crippen molar-refractivity contribution in [1.82, 2.24) is 10.9 Å². The van der Waals surface area contributed by atoms with Crippen molar-refractivity contribution in [3.63, 3.8) is 0 Å². The largest absolute Gasteiger partial charge is 0.463 e. The van der Waals surface area contributed by atoms with Gasteiger partial charge in [0, 0.05) is 22.7 Å². The number of halogens is 1. The summed E-state index contributed by atoms with van der Waals surface area (Å²) in [4.78, 5) is 33.9. The van der Waals surface area contributed by atoms with Crippen LogP contribution in [-0.2, 0) is 14.3 Å². The number of nitrogens with one attached hydrogen (secondary N) is 2. The van der Waals surface area contributed by atoms with Gasteiger partial charge in [-0.2, -0.15) is 0 Å². The van der Waals surface area contributed by atoms with Gasteiger partial charge in [-0.25, -0.2) is 4.79 Å². The fourth-order valence-corrected chi connectivity index (χ4v) is 1.29. The third-order valence-electron chi connectivity index (χ3n) is 2.06. The van der Waals surface area contributed by atoms with Crippen molar-refractivity contribution in [3.8, 4) is 0 Å². The Labute approximate surface area is 120 Å². The maximum atomic E-state index is 11.6. The van der Waals surface area contributed by atoms with Crippen LogP contribution in [0.4, 0.5) is 0 Å². The van der Waals surface area contributed by atoms with Crippen molar-refractivity contribution in [1.29, 1.82) is 0 Å². The number of ether oxygens (including phenoxy) is 1. The van der Waals surface area contributed by atoms with Gasteiger partial charge in [-0.15, -0.1) is 0 Å². The van der Waals surface area contributed by atoms with Gasteiger partial charge < -0.3 is 4.74 Å². The van der Waals surface area contributed by atoms with E-state index < -0.39 is 17.8 Å². The maximum Gasteiger partial charge on any atom is 0.330 e. The molecule has 0 spiro atoms. The van der Waals surface area contributed by atoms with E-state index in [4.69, 9.17) is 11.6 Å². The van der Waals surface area contributed by atoms with Crippen LogP contribution < -0.4 is 10.9 Å². The highest BCUT2D eigenvalue weighted by Gasteiger charge is 2.05. The Morgan fingerprint density at radius 3 is 2.40 bits per heavy atom. The van der Waals surface area contributed by atoms with Crippen LogP contribution in [0.1, 0.15) is 17.3 Å². The molecule has 0 radical (unpaired) electrons. The van der Waals surface area contributed by atoms with Crippen molar-refractivity contribution < 1.29 is 19.1 Å². The van der Waals surface area contributed by atoms with Crippen LogP contribution in [0, 0.1) is 0 Å². The molecule has 0 aromatic heterocycles. The second-order valence-corrected chi connectivity index (χ2v) is 3.97. The standard InChI is InChI=1S/C13H13ClN2O4/c1-2-20-12(18)8-7-11(17)15-16-13(19)9-3-5-10(14)6-4-9/h3-8H,2H2,1H3,(H,15,17)(H,16,19)/b8-7-. The van der Waals surface area contributed by atoms with Crippen LogP contribution in [0.2, 0.25) is 5.02 Å². The predicted octanol–water partition coefficient (Wildman–Crippen LogP) is 1.22. The van der Waals surface area contributed by atoms with E-state index in [1.165, 1.54) is 12.1 Å². The van der Waals surface area contributed by atoms with E-state index in [1.54, 1.807) is 19.1 Å². The average molecular weight is 297 g/mol. The van der Waals surface area contributed by atoms with Crippen molar-refractivity contribution in [3.05, 3.63) is 47.0 Å². The molecule has 0 saturated heterocycles. The van der Waals surface area contributed by atoms with Crippen LogP contribution in [0.15, 0.2) is 36.4 Å². The molecule has 6 nitrogen and oxygen atoms in total. The Hall–Kier alpha value is -2.34. The predicted molar refractivity (Wildman–Crippen MR) is 72.8 cm³/mol. The summed E-state index contributed by atoms with van der Waals surface area (Å²) >= 11 is 5.69. The summed E-state index contributed by atoms with van der Waals surface area (Å²) in [5.41, 5.74) is 4.65. The third kappa shape index (κ3) is 5.53. The lowest BCUT2D eigenvalue weighted by Crippen LogP contribution is -2.40. The molecule has 0 aliphatic heterocycles. The number of benzene rings is 1. The molecule has 0 aliphatic carbocycles. The first-order chi connectivity index (χ1) is 9.52. The van der Waals surface area contributed by atoms with Gasteiger partial charge in [0.2, 0.25) is 0 Å². The number of rotatable bonds is 4. The summed E-state index contributed by atoms with van der Waals surface area (Å²) < 4.78 is 4.59. The summed E-state index contributed by atoms with van der Waals surface area (Å²) in [5, 5.41) is 0.503. The lowest BCUT2D eigenvalue weighted by molar-refractivity contribution is -0.137. The Kier molecular flexibility index (Phi) is 6.25. The zero-order chi connectivity index (χ0) is 15.0. The molecule has 7 heteroatoms. The number of carbonyl (C=O) groups excluding carboxylic acids is 3. The lowest BCUT2D eigenvalue weighted by atomic mass is 10.2. The molecule has 0 fully saturated rings. The first-order valence-electron chi connectivity index (χ1n) is 5.73. The molecule has 1 rings (SSSR count). The molecular formula is C13H13ClN2O4. The molecule has 0 atom stereocenters. The number of hydrogen-bond donors (Lipinski definition) is 2. The molecule has 0 aliphatic rings. The molecule has 0 unspecified atom stereocenters. The minimum absolute atomic E-state index is 0.220. The second kappa shape index (κ2) is 7.96. The first-order valence-corrected chi connectivity index (χ1v) is 6.11. The summed E-state index contributed by atoms with van der Waals surface area (Å²) in [6.07, 6.45) is 1.92. The molecule has 0 heterocycles. The first kappa shape index (κ1) is 15.7. The smallest absolute Gasteiger partial charge is 0.330 e. The highest BCUT2D eigenvalue weighted by Crippen LogP contribution is 2.08. The number of carbonyl (C=O) groups is 3. The zero-order valence-electron chi connectivity index (χ0n) is 10.7. The van der Waals surface area contributed by atoms with E-state index in [9.17, 15) is 14.4 Å². The Morgan fingerprint density at radius 1 is 1.15 bits per heavy atom. The van der Waals surface area contributed by atoms with Crippen molar-refractivity contribution in [2.45, 2.75) is 6.92 Å². The average Bonchev–Trinajstić information content (AvgIpc) is 2.43. The van der Waals surface area contributed by atoms with E-state index in [2.05, 4.69) is 15.6 Å². The van der Waals surface area contributed by atoms with E-state index in [0.29, 0.717) is 10.6 Å². The molecule has 0 saturated carbocycles. The van der Waals surface area contributed by atoms with Gasteiger partial charge in [-0.3, -0.25) is 20.4 Å². The van der Waals surface area contributed by atoms with E-state index in [-0.39, 0.29) is 6.61 Å². The minimum Gasteiger partial charge on any atom is -0.463 e. The molecule has 20 heavy (non-hydrogen) atoms. The van der Waals surface area contributed by atoms with Crippen LogP contribution in [0.25, 0.3) is 0 Å². The highest BCUT2D eigenvalue weighted by atomic mass is 35.5. The van der Waals surface area contributed by atoms with Gasteiger partial charge in [0.1, 0.15) is 0 Å². The normalized spacial score (nSPS) is 10.1. The Balaban J connectivity index is 2.43. The van der Waals surface area contributed by atoms with Gasteiger partial charge >= 0.3 is 5.97 Å². The van der Waals surface area contributed by atoms with Gasteiger partial charge in [-0.05, 0) is 31.2 Å². The number of amides is 2. The molecule has 2 N–H and O–H groups in total. The molecule has 1 aromatic carbocycles. The summed E-state index contributed by atoms with van der Waals surface area (Å²) in [5.74, 6) is -1.79. The molecular weight excluding hydrogens is 284 g/mol. The molecule has 106 valence electrons. The van der Waals surface area contributed by atoms with Crippen LogP contribution in [-0.4, -0.2) is 24.4 Å². The van der Waals surface area contributed by atoms with Crippen LogP contribution in [0.3, 0.4) is 0 Å². The number of esters is 1. The van der Waals surface area contributed by atoms with Gasteiger partial charge in [0.15, 0.2) is 0 Å². The van der Waals surface area contributed by atoms with Gasteiger partial charge in [0.25, 0.3) is 11.8 Å². The topological polar surface area (TPSA) is 84.5 Å². The van der Waals surface area contributed by atoms with Gasteiger partial charge in [-0.1, -0.05) is 11.6 Å². The SMILES string of the molecule is CCOC(=O)/C=C\C(=O)NNC(=O)c1ccc(Cl)cc1. The third-order valence-corrected chi connectivity index (χ3v) is 2.32. The number of hydrogen-bond acceptors (Lipinski definition) is 4. The van der Waals surface area contributed by atoms with Crippen molar-refractivity contribution in [2.75, 3.05) is 6.61 Å². The Bertz CT molecular complexity index is 526. The highest BCUT2D eigenvalue weighted by molar-refractivity contribution is 6.30. The quantitative estimate of drug-likeness (QED) is 0.497. The van der Waals surface area contributed by atoms with E-state index >= 15 is 0 Å². The van der Waals surface area contributed by atoms with Crippen LogP contribution >= 0.6 is 11.6 Å². The fraction of sp³-hybridized carbons (Fsp3) is 0.154. The molecule has 2 amide bonds.